The second kappa shape index (κ2) is 6.25. The molecule has 1 aromatic carbocycles. The number of amides is 2. The van der Waals surface area contributed by atoms with Crippen LogP contribution in [0.3, 0.4) is 0 Å². The van der Waals surface area contributed by atoms with Gasteiger partial charge in [-0.25, -0.2) is 14.0 Å². The number of benzene rings is 1. The zero-order valence-electron chi connectivity index (χ0n) is 12.5. The smallest absolute Gasteiger partial charge is 0.356 e. The van der Waals surface area contributed by atoms with Crippen LogP contribution in [0, 0.1) is 5.82 Å². The molecule has 1 fully saturated rings. The number of urea groups is 1. The molecule has 2 N–H and O–H groups in total. The number of carbonyl (C=O) groups is 2. The third-order valence-electron chi connectivity index (χ3n) is 3.68. The summed E-state index contributed by atoms with van der Waals surface area (Å²) in [6, 6.07) is 3.66. The number of H-pyrrole nitrogens is 1. The summed E-state index contributed by atoms with van der Waals surface area (Å²) >= 11 is 0. The molecule has 3 rings (SSSR count). The van der Waals surface area contributed by atoms with Gasteiger partial charge in [-0.3, -0.25) is 0 Å². The number of rotatable bonds is 2. The second-order valence-corrected chi connectivity index (χ2v) is 5.09. The maximum Gasteiger partial charge on any atom is 0.356 e. The Labute approximate surface area is 131 Å². The highest BCUT2D eigenvalue weighted by Crippen LogP contribution is 2.29. The molecule has 0 bridgehead atoms. The van der Waals surface area contributed by atoms with Crippen LogP contribution in [-0.4, -0.2) is 55.3 Å². The fraction of sp³-hybridized carbons (Fsp3) is 0.333. The van der Waals surface area contributed by atoms with E-state index >= 15 is 0 Å². The maximum absolute atomic E-state index is 13.5. The van der Waals surface area contributed by atoms with Crippen molar-refractivity contribution in [3.05, 3.63) is 29.7 Å². The molecule has 0 unspecified atom stereocenters. The van der Waals surface area contributed by atoms with Crippen molar-refractivity contribution in [3.8, 4) is 0 Å². The summed E-state index contributed by atoms with van der Waals surface area (Å²) < 4.78 is 23.4. The number of aromatic nitrogens is 1. The lowest BCUT2D eigenvalue weighted by Gasteiger charge is -2.27. The van der Waals surface area contributed by atoms with Crippen molar-refractivity contribution >= 4 is 28.6 Å². The number of nitrogens with one attached hydrogen (secondary N) is 2. The average molecular weight is 321 g/mol. The van der Waals surface area contributed by atoms with Crippen molar-refractivity contribution in [2.24, 2.45) is 0 Å². The van der Waals surface area contributed by atoms with Crippen LogP contribution in [-0.2, 0) is 9.47 Å². The third-order valence-corrected chi connectivity index (χ3v) is 3.68. The van der Waals surface area contributed by atoms with Gasteiger partial charge in [0.2, 0.25) is 0 Å². The highest BCUT2D eigenvalue weighted by atomic mass is 19.1. The quantitative estimate of drug-likeness (QED) is 0.828. The first-order chi connectivity index (χ1) is 11.1. The Kier molecular flexibility index (Phi) is 4.16. The van der Waals surface area contributed by atoms with Crippen molar-refractivity contribution in [2.45, 2.75) is 0 Å². The summed E-state index contributed by atoms with van der Waals surface area (Å²) in [5.41, 5.74) is 0.821. The Hall–Kier alpha value is -2.61. The fourth-order valence-electron chi connectivity index (χ4n) is 2.50. The Morgan fingerprint density at radius 1 is 1.35 bits per heavy atom. The first-order valence-electron chi connectivity index (χ1n) is 7.13. The summed E-state index contributed by atoms with van der Waals surface area (Å²) in [6.45, 7) is 1.83. The number of carbonyl (C=O) groups excluding carboxylic acids is 2. The lowest BCUT2D eigenvalue weighted by Crippen LogP contribution is -2.43. The summed E-state index contributed by atoms with van der Waals surface area (Å²) in [6.07, 6.45) is 0. The molecule has 0 spiro atoms. The van der Waals surface area contributed by atoms with Gasteiger partial charge < -0.3 is 24.7 Å². The number of aromatic amines is 1. The molecule has 7 nitrogen and oxygen atoms in total. The number of esters is 1. The Bertz CT molecular complexity index is 753. The van der Waals surface area contributed by atoms with Gasteiger partial charge in [0.15, 0.2) is 0 Å². The maximum atomic E-state index is 13.5. The number of morpholine rings is 1. The van der Waals surface area contributed by atoms with E-state index in [1.54, 1.807) is 4.90 Å². The Morgan fingerprint density at radius 3 is 2.78 bits per heavy atom. The fourth-order valence-corrected chi connectivity index (χ4v) is 2.50. The van der Waals surface area contributed by atoms with E-state index in [0.717, 1.165) is 0 Å². The van der Waals surface area contributed by atoms with Crippen LogP contribution in [0.2, 0.25) is 0 Å². The number of hydrogen-bond donors (Lipinski definition) is 2. The molecule has 1 aliphatic heterocycles. The molecule has 1 aliphatic rings. The minimum absolute atomic E-state index is 0.0784. The molecular weight excluding hydrogens is 305 g/mol. The molecule has 2 amide bonds. The number of halogens is 1. The molecule has 0 atom stereocenters. The summed E-state index contributed by atoms with van der Waals surface area (Å²) in [4.78, 5) is 28.7. The standard InChI is InChI=1S/C15H16FN3O4/c1-22-14(20)13-12(10-8-9(16)2-3-11(10)17-13)18-15(21)19-4-6-23-7-5-19/h2-3,8,17H,4-7H2,1H3,(H,18,21). The zero-order valence-corrected chi connectivity index (χ0v) is 12.5. The Balaban J connectivity index is 1.98. The number of hydrogen-bond acceptors (Lipinski definition) is 4. The summed E-state index contributed by atoms with van der Waals surface area (Å²) in [5, 5.41) is 3.09. The van der Waals surface area contributed by atoms with Crippen LogP contribution in [0.15, 0.2) is 18.2 Å². The van der Waals surface area contributed by atoms with Crippen LogP contribution in [0.25, 0.3) is 10.9 Å². The molecule has 1 aromatic heterocycles. The monoisotopic (exact) mass is 321 g/mol. The molecule has 0 saturated carbocycles. The van der Waals surface area contributed by atoms with Gasteiger partial charge >= 0.3 is 12.0 Å². The predicted molar refractivity (Wildman–Crippen MR) is 81.0 cm³/mol. The van der Waals surface area contributed by atoms with Crippen LogP contribution in [0.4, 0.5) is 14.9 Å². The van der Waals surface area contributed by atoms with E-state index in [2.05, 4.69) is 10.3 Å². The highest BCUT2D eigenvalue weighted by molar-refractivity contribution is 6.10. The van der Waals surface area contributed by atoms with Gasteiger partial charge in [-0.05, 0) is 18.2 Å². The van der Waals surface area contributed by atoms with Gasteiger partial charge in [0.05, 0.1) is 26.0 Å². The average Bonchev–Trinajstić information content (AvgIpc) is 2.93. The summed E-state index contributed by atoms with van der Waals surface area (Å²) in [7, 11) is 1.24. The lowest BCUT2D eigenvalue weighted by atomic mass is 10.2. The highest BCUT2D eigenvalue weighted by Gasteiger charge is 2.23. The van der Waals surface area contributed by atoms with Crippen LogP contribution in [0.5, 0.6) is 0 Å². The largest absolute Gasteiger partial charge is 0.464 e. The molecule has 2 aromatic rings. The number of methoxy groups -OCH3 is 1. The minimum Gasteiger partial charge on any atom is -0.464 e. The van der Waals surface area contributed by atoms with E-state index < -0.39 is 11.8 Å². The van der Waals surface area contributed by atoms with Gasteiger partial charge in [-0.1, -0.05) is 0 Å². The first kappa shape index (κ1) is 15.3. The van der Waals surface area contributed by atoms with Gasteiger partial charge in [0, 0.05) is 24.0 Å². The van der Waals surface area contributed by atoms with Crippen molar-refractivity contribution in [2.75, 3.05) is 38.7 Å². The third kappa shape index (κ3) is 2.98. The van der Waals surface area contributed by atoms with Crippen molar-refractivity contribution in [3.63, 3.8) is 0 Å². The van der Waals surface area contributed by atoms with E-state index in [9.17, 15) is 14.0 Å². The predicted octanol–water partition coefficient (Wildman–Crippen LogP) is 1.96. The lowest BCUT2D eigenvalue weighted by molar-refractivity contribution is 0.0563. The SMILES string of the molecule is COC(=O)c1[nH]c2ccc(F)cc2c1NC(=O)N1CCOCC1. The molecule has 0 aliphatic carbocycles. The first-order valence-corrected chi connectivity index (χ1v) is 7.13. The molecule has 0 radical (unpaired) electrons. The summed E-state index contributed by atoms with van der Waals surface area (Å²) in [5.74, 6) is -1.10. The van der Waals surface area contributed by atoms with Crippen molar-refractivity contribution in [1.29, 1.82) is 0 Å². The number of nitrogens with zero attached hydrogens (tertiary/aromatic N) is 1. The van der Waals surface area contributed by atoms with Crippen LogP contribution >= 0.6 is 0 Å². The number of anilines is 1. The van der Waals surface area contributed by atoms with Gasteiger partial charge in [0.1, 0.15) is 11.5 Å². The zero-order chi connectivity index (χ0) is 16.4. The van der Waals surface area contributed by atoms with E-state index in [4.69, 9.17) is 9.47 Å². The van der Waals surface area contributed by atoms with Gasteiger partial charge in [-0.15, -0.1) is 0 Å². The minimum atomic E-state index is -0.640. The molecule has 23 heavy (non-hydrogen) atoms. The van der Waals surface area contributed by atoms with Gasteiger partial charge in [-0.2, -0.15) is 0 Å². The molecular formula is C15H16FN3O4. The topological polar surface area (TPSA) is 83.7 Å². The van der Waals surface area contributed by atoms with Gasteiger partial charge in [0.25, 0.3) is 0 Å². The van der Waals surface area contributed by atoms with Crippen molar-refractivity contribution < 1.29 is 23.5 Å². The Morgan fingerprint density at radius 2 is 2.09 bits per heavy atom. The van der Waals surface area contributed by atoms with Crippen LogP contribution < -0.4 is 5.32 Å². The molecule has 2 heterocycles. The molecule has 1 saturated heterocycles. The number of ether oxygens (including phenoxy) is 2. The van der Waals surface area contributed by atoms with E-state index in [1.807, 2.05) is 0 Å². The molecule has 8 heteroatoms. The molecule has 122 valence electrons. The van der Waals surface area contributed by atoms with E-state index in [1.165, 1.54) is 25.3 Å². The second-order valence-electron chi connectivity index (χ2n) is 5.09. The van der Waals surface area contributed by atoms with Crippen molar-refractivity contribution in [1.82, 2.24) is 9.88 Å². The normalized spacial score (nSPS) is 14.8. The van der Waals surface area contributed by atoms with E-state index in [0.29, 0.717) is 37.2 Å². The van der Waals surface area contributed by atoms with Crippen LogP contribution in [0.1, 0.15) is 10.5 Å². The number of fused-ring (bicyclic) bond motifs is 1. The van der Waals surface area contributed by atoms with E-state index in [-0.39, 0.29) is 17.4 Å².